The number of aromatic carboxylic acids is 1. The number of hydrogen-bond acceptors (Lipinski definition) is 5. The maximum absolute atomic E-state index is 11.6. The van der Waals surface area contributed by atoms with Crippen LogP contribution >= 0.6 is 11.3 Å². The quantitative estimate of drug-likeness (QED) is 0.703. The summed E-state index contributed by atoms with van der Waals surface area (Å²) in [6.45, 7) is 2.17. The van der Waals surface area contributed by atoms with E-state index >= 15 is 0 Å². The fourth-order valence-corrected chi connectivity index (χ4v) is 2.05. The molecule has 1 amide bonds. The van der Waals surface area contributed by atoms with Gasteiger partial charge in [-0.25, -0.2) is 9.78 Å². The lowest BCUT2D eigenvalue weighted by Crippen LogP contribution is -2.42. The van der Waals surface area contributed by atoms with Gasteiger partial charge in [0, 0.05) is 18.0 Å². The van der Waals surface area contributed by atoms with E-state index in [0.717, 1.165) is 24.2 Å². The SMILES string of the molecule is CC(NCc1csc(C(=O)O)n1)C(=O)NC1CC1. The molecule has 1 aliphatic rings. The highest BCUT2D eigenvalue weighted by Gasteiger charge is 2.25. The van der Waals surface area contributed by atoms with Gasteiger partial charge in [-0.1, -0.05) is 0 Å². The summed E-state index contributed by atoms with van der Waals surface area (Å²) in [5.41, 5.74) is 0.642. The highest BCUT2D eigenvalue weighted by molar-refractivity contribution is 7.11. The van der Waals surface area contributed by atoms with Crippen molar-refractivity contribution in [2.24, 2.45) is 0 Å². The topological polar surface area (TPSA) is 91.3 Å². The van der Waals surface area contributed by atoms with Crippen LogP contribution in [0.2, 0.25) is 0 Å². The van der Waals surface area contributed by atoms with Gasteiger partial charge in [0.1, 0.15) is 0 Å². The highest BCUT2D eigenvalue weighted by Crippen LogP contribution is 2.18. The molecule has 3 N–H and O–H groups in total. The molecule has 0 aliphatic heterocycles. The van der Waals surface area contributed by atoms with E-state index in [1.165, 1.54) is 0 Å². The molecule has 1 fully saturated rings. The van der Waals surface area contributed by atoms with E-state index in [4.69, 9.17) is 5.11 Å². The van der Waals surface area contributed by atoms with Gasteiger partial charge in [-0.2, -0.15) is 0 Å². The minimum Gasteiger partial charge on any atom is -0.476 e. The Bertz CT molecular complexity index is 456. The molecule has 6 nitrogen and oxygen atoms in total. The van der Waals surface area contributed by atoms with Crippen molar-refractivity contribution in [2.75, 3.05) is 0 Å². The van der Waals surface area contributed by atoms with E-state index in [1.807, 2.05) is 0 Å². The summed E-state index contributed by atoms with van der Waals surface area (Å²) in [5, 5.41) is 16.4. The number of carbonyl (C=O) groups is 2. The summed E-state index contributed by atoms with van der Waals surface area (Å²) < 4.78 is 0. The zero-order valence-corrected chi connectivity index (χ0v) is 10.8. The monoisotopic (exact) mass is 269 g/mol. The van der Waals surface area contributed by atoms with Crippen LogP contribution in [0.1, 0.15) is 35.3 Å². The summed E-state index contributed by atoms with van der Waals surface area (Å²) in [4.78, 5) is 26.2. The van der Waals surface area contributed by atoms with Crippen molar-refractivity contribution in [2.45, 2.75) is 38.4 Å². The van der Waals surface area contributed by atoms with Crippen LogP contribution in [0, 0.1) is 0 Å². The number of nitrogens with zero attached hydrogens (tertiary/aromatic N) is 1. The van der Waals surface area contributed by atoms with E-state index in [9.17, 15) is 9.59 Å². The van der Waals surface area contributed by atoms with Crippen LogP contribution in [-0.2, 0) is 11.3 Å². The Morgan fingerprint density at radius 3 is 2.89 bits per heavy atom. The van der Waals surface area contributed by atoms with Crippen LogP contribution in [0.25, 0.3) is 0 Å². The summed E-state index contributed by atoms with van der Waals surface area (Å²) in [5.74, 6) is -1.04. The molecule has 0 aromatic carbocycles. The first-order valence-electron chi connectivity index (χ1n) is 5.77. The Hall–Kier alpha value is -1.47. The van der Waals surface area contributed by atoms with E-state index in [1.54, 1.807) is 12.3 Å². The molecule has 0 radical (unpaired) electrons. The normalized spacial score (nSPS) is 16.3. The second-order valence-corrected chi connectivity index (χ2v) is 5.19. The Labute approximate surface area is 108 Å². The lowest BCUT2D eigenvalue weighted by atomic mass is 10.3. The van der Waals surface area contributed by atoms with Gasteiger partial charge < -0.3 is 15.7 Å². The highest BCUT2D eigenvalue weighted by atomic mass is 32.1. The molecule has 1 atom stereocenters. The number of nitrogens with one attached hydrogen (secondary N) is 2. The first-order valence-corrected chi connectivity index (χ1v) is 6.65. The number of aromatic nitrogens is 1. The fraction of sp³-hybridized carbons (Fsp3) is 0.545. The minimum atomic E-state index is -1.02. The lowest BCUT2D eigenvalue weighted by molar-refractivity contribution is -0.122. The molecule has 1 saturated carbocycles. The average Bonchev–Trinajstić information content (AvgIpc) is 3.00. The van der Waals surface area contributed by atoms with Crippen LogP contribution < -0.4 is 10.6 Å². The summed E-state index contributed by atoms with van der Waals surface area (Å²) in [6, 6.07) is 0.0419. The molecule has 98 valence electrons. The molecular formula is C11H15N3O3S. The molecule has 2 rings (SSSR count). The summed E-state index contributed by atoms with van der Waals surface area (Å²) in [7, 11) is 0. The standard InChI is InChI=1S/C11H15N3O3S/c1-6(9(15)13-7-2-3-7)12-4-8-5-18-10(14-8)11(16)17/h5-7,12H,2-4H2,1H3,(H,13,15)(H,16,17). The molecule has 7 heteroatoms. The van der Waals surface area contributed by atoms with Crippen LogP contribution in [0.15, 0.2) is 5.38 Å². The number of carbonyl (C=O) groups excluding carboxylic acids is 1. The van der Waals surface area contributed by atoms with E-state index in [2.05, 4.69) is 15.6 Å². The van der Waals surface area contributed by atoms with Crippen molar-refractivity contribution in [1.82, 2.24) is 15.6 Å². The van der Waals surface area contributed by atoms with Crippen LogP contribution in [0.4, 0.5) is 0 Å². The van der Waals surface area contributed by atoms with E-state index in [0.29, 0.717) is 18.3 Å². The molecule has 18 heavy (non-hydrogen) atoms. The van der Waals surface area contributed by atoms with Crippen LogP contribution in [0.3, 0.4) is 0 Å². The number of rotatable bonds is 6. The van der Waals surface area contributed by atoms with Crippen molar-refractivity contribution in [3.63, 3.8) is 0 Å². The number of thiazole rings is 1. The number of hydrogen-bond donors (Lipinski definition) is 3. The first kappa shape index (κ1) is 13.0. The number of carboxylic acid groups (broad SMARTS) is 1. The van der Waals surface area contributed by atoms with Crippen molar-refractivity contribution < 1.29 is 14.7 Å². The molecule has 1 aliphatic carbocycles. The van der Waals surface area contributed by atoms with Crippen LogP contribution in [-0.4, -0.2) is 34.1 Å². The maximum Gasteiger partial charge on any atom is 0.365 e. The minimum absolute atomic E-state index is 0.0220. The molecule has 0 bridgehead atoms. The van der Waals surface area contributed by atoms with Crippen molar-refractivity contribution in [1.29, 1.82) is 0 Å². The predicted octanol–water partition coefficient (Wildman–Crippen LogP) is 0.598. The second-order valence-electron chi connectivity index (χ2n) is 4.33. The van der Waals surface area contributed by atoms with Gasteiger partial charge in [-0.05, 0) is 19.8 Å². The fourth-order valence-electron chi connectivity index (χ4n) is 1.39. The molecule has 1 aromatic heterocycles. The van der Waals surface area contributed by atoms with Crippen molar-refractivity contribution in [3.8, 4) is 0 Å². The number of carboxylic acids is 1. The van der Waals surface area contributed by atoms with Gasteiger partial charge in [0.25, 0.3) is 0 Å². The van der Waals surface area contributed by atoms with Crippen molar-refractivity contribution in [3.05, 3.63) is 16.1 Å². The lowest BCUT2D eigenvalue weighted by Gasteiger charge is -2.12. The summed E-state index contributed by atoms with van der Waals surface area (Å²) >= 11 is 1.09. The van der Waals surface area contributed by atoms with Gasteiger partial charge in [-0.15, -0.1) is 11.3 Å². The molecule has 1 unspecified atom stereocenters. The predicted molar refractivity (Wildman–Crippen MR) is 66.5 cm³/mol. The van der Waals surface area contributed by atoms with Gasteiger partial charge in [-0.3, -0.25) is 4.79 Å². The Balaban J connectivity index is 1.78. The third-order valence-electron chi connectivity index (χ3n) is 2.64. The van der Waals surface area contributed by atoms with Gasteiger partial charge in [0.05, 0.1) is 11.7 Å². The third-order valence-corrected chi connectivity index (χ3v) is 3.52. The van der Waals surface area contributed by atoms with Crippen molar-refractivity contribution >= 4 is 23.2 Å². The van der Waals surface area contributed by atoms with Crippen LogP contribution in [0.5, 0.6) is 0 Å². The second kappa shape index (κ2) is 5.45. The Morgan fingerprint density at radius 1 is 1.61 bits per heavy atom. The zero-order valence-electron chi connectivity index (χ0n) is 9.97. The number of amides is 1. The van der Waals surface area contributed by atoms with Gasteiger partial charge in [0.15, 0.2) is 0 Å². The molecule has 0 saturated heterocycles. The zero-order chi connectivity index (χ0) is 13.1. The molecule has 1 heterocycles. The largest absolute Gasteiger partial charge is 0.476 e. The maximum atomic E-state index is 11.6. The molecular weight excluding hydrogens is 254 g/mol. The van der Waals surface area contributed by atoms with Gasteiger partial charge >= 0.3 is 5.97 Å². The third kappa shape index (κ3) is 3.51. The average molecular weight is 269 g/mol. The van der Waals surface area contributed by atoms with E-state index < -0.39 is 5.97 Å². The van der Waals surface area contributed by atoms with E-state index in [-0.39, 0.29) is 17.0 Å². The molecule has 0 spiro atoms. The Kier molecular flexibility index (Phi) is 3.93. The summed E-state index contributed by atoms with van der Waals surface area (Å²) in [6.07, 6.45) is 2.12. The Morgan fingerprint density at radius 2 is 2.33 bits per heavy atom. The first-order chi connectivity index (χ1) is 8.56. The molecule has 1 aromatic rings. The smallest absolute Gasteiger partial charge is 0.365 e. The van der Waals surface area contributed by atoms with Gasteiger partial charge in [0.2, 0.25) is 10.9 Å².